The summed E-state index contributed by atoms with van der Waals surface area (Å²) in [5.41, 5.74) is 0.372. The zero-order valence-electron chi connectivity index (χ0n) is 16.7. The van der Waals surface area contributed by atoms with Gasteiger partial charge in [0.25, 0.3) is 0 Å². The Balaban J connectivity index is 2.73. The van der Waals surface area contributed by atoms with E-state index in [1.165, 1.54) is 12.0 Å². The van der Waals surface area contributed by atoms with Crippen molar-refractivity contribution in [1.82, 2.24) is 0 Å². The molecule has 1 aromatic carbocycles. The van der Waals surface area contributed by atoms with E-state index in [0.29, 0.717) is 11.4 Å². The summed E-state index contributed by atoms with van der Waals surface area (Å²) in [5, 5.41) is 0. The zero-order valence-corrected chi connectivity index (χ0v) is 16.7. The first kappa shape index (κ1) is 22.0. The number of nitrogens with zero attached hydrogens (tertiary/aromatic N) is 1. The standard InChI is InChI=1S/C19H23NO9/c1-25-11-8-6-10(7-9-11)20-14(18(23)28-4)12(16(21)26-2)13(17(22)27-3)15(20)19(24)29-5/h6-9,12-15H,1-5H3/t12-,13+,14-,15-/m0/s1. The normalized spacial score (nSPS) is 23.1. The highest BCUT2D eigenvalue weighted by molar-refractivity contribution is 5.99. The molecule has 0 N–H and O–H groups in total. The highest BCUT2D eigenvalue weighted by atomic mass is 16.5. The van der Waals surface area contributed by atoms with Crippen LogP contribution in [0.1, 0.15) is 0 Å². The molecule has 1 aliphatic heterocycles. The number of hydrogen-bond acceptors (Lipinski definition) is 10. The summed E-state index contributed by atoms with van der Waals surface area (Å²) in [5.74, 6) is -5.54. The minimum Gasteiger partial charge on any atom is -0.497 e. The van der Waals surface area contributed by atoms with Crippen LogP contribution in [0.5, 0.6) is 5.75 Å². The second kappa shape index (κ2) is 9.26. The molecule has 158 valence electrons. The maximum absolute atomic E-state index is 12.7. The largest absolute Gasteiger partial charge is 0.497 e. The summed E-state index contributed by atoms with van der Waals surface area (Å²) in [6.07, 6.45) is 0. The molecule has 2 rings (SSSR count). The average molecular weight is 409 g/mol. The average Bonchev–Trinajstić information content (AvgIpc) is 3.12. The summed E-state index contributed by atoms with van der Waals surface area (Å²) in [4.78, 5) is 51.8. The molecule has 1 aliphatic rings. The predicted molar refractivity (Wildman–Crippen MR) is 98.1 cm³/mol. The van der Waals surface area contributed by atoms with Crippen LogP contribution < -0.4 is 9.64 Å². The number of benzene rings is 1. The Morgan fingerprint density at radius 3 is 1.34 bits per heavy atom. The van der Waals surface area contributed by atoms with Gasteiger partial charge in [0.15, 0.2) is 0 Å². The van der Waals surface area contributed by atoms with Gasteiger partial charge in [-0.2, -0.15) is 0 Å². The lowest BCUT2D eigenvalue weighted by Gasteiger charge is -2.30. The Bertz CT molecular complexity index is 734. The molecule has 4 atom stereocenters. The van der Waals surface area contributed by atoms with Crippen LogP contribution in [0.25, 0.3) is 0 Å². The molecule has 0 amide bonds. The predicted octanol–water partition coefficient (Wildman–Crippen LogP) is 0.177. The van der Waals surface area contributed by atoms with Crippen LogP contribution in [0.4, 0.5) is 5.69 Å². The van der Waals surface area contributed by atoms with Crippen molar-refractivity contribution < 1.29 is 42.9 Å². The maximum atomic E-state index is 12.7. The van der Waals surface area contributed by atoms with Gasteiger partial charge < -0.3 is 28.6 Å². The quantitative estimate of drug-likeness (QED) is 0.475. The second-order valence-electron chi connectivity index (χ2n) is 6.14. The van der Waals surface area contributed by atoms with Crippen molar-refractivity contribution in [2.75, 3.05) is 40.4 Å². The molecule has 0 unspecified atom stereocenters. The Morgan fingerprint density at radius 2 is 1.03 bits per heavy atom. The van der Waals surface area contributed by atoms with Crippen molar-refractivity contribution in [2.24, 2.45) is 11.8 Å². The minimum absolute atomic E-state index is 0.372. The van der Waals surface area contributed by atoms with Gasteiger partial charge in [-0.05, 0) is 24.3 Å². The van der Waals surface area contributed by atoms with Crippen LogP contribution in [-0.4, -0.2) is 71.5 Å². The van der Waals surface area contributed by atoms with Crippen molar-refractivity contribution in [3.05, 3.63) is 24.3 Å². The van der Waals surface area contributed by atoms with Gasteiger partial charge in [0, 0.05) is 5.69 Å². The van der Waals surface area contributed by atoms with E-state index in [9.17, 15) is 19.2 Å². The van der Waals surface area contributed by atoms with Crippen molar-refractivity contribution >= 4 is 29.6 Å². The molecule has 0 bridgehead atoms. The van der Waals surface area contributed by atoms with Gasteiger partial charge in [0.2, 0.25) is 0 Å². The molecule has 0 spiro atoms. The summed E-state index contributed by atoms with van der Waals surface area (Å²) < 4.78 is 24.5. The van der Waals surface area contributed by atoms with E-state index >= 15 is 0 Å². The van der Waals surface area contributed by atoms with E-state index in [-0.39, 0.29) is 0 Å². The molecule has 0 radical (unpaired) electrons. The molecule has 10 heteroatoms. The molecule has 29 heavy (non-hydrogen) atoms. The molecule has 0 aromatic heterocycles. The highest BCUT2D eigenvalue weighted by Crippen LogP contribution is 2.42. The zero-order chi connectivity index (χ0) is 21.7. The van der Waals surface area contributed by atoms with E-state index in [0.717, 1.165) is 28.4 Å². The van der Waals surface area contributed by atoms with Gasteiger partial charge in [-0.15, -0.1) is 0 Å². The second-order valence-corrected chi connectivity index (χ2v) is 6.14. The molecule has 1 aromatic rings. The molecule has 10 nitrogen and oxygen atoms in total. The number of methoxy groups -OCH3 is 5. The topological polar surface area (TPSA) is 118 Å². The maximum Gasteiger partial charge on any atom is 0.329 e. The number of anilines is 1. The van der Waals surface area contributed by atoms with Crippen LogP contribution in [0.2, 0.25) is 0 Å². The van der Waals surface area contributed by atoms with Crippen molar-refractivity contribution in [1.29, 1.82) is 0 Å². The van der Waals surface area contributed by atoms with Crippen LogP contribution in [-0.2, 0) is 38.1 Å². The third-order valence-electron chi connectivity index (χ3n) is 4.87. The van der Waals surface area contributed by atoms with Crippen molar-refractivity contribution in [3.8, 4) is 5.75 Å². The fourth-order valence-corrected chi connectivity index (χ4v) is 3.57. The third kappa shape index (κ3) is 3.96. The number of carbonyl (C=O) groups is 4. The monoisotopic (exact) mass is 409 g/mol. The Morgan fingerprint density at radius 1 is 0.655 bits per heavy atom. The number of carbonyl (C=O) groups excluding carboxylic acids is 4. The molecule has 0 saturated carbocycles. The van der Waals surface area contributed by atoms with Crippen molar-refractivity contribution in [2.45, 2.75) is 12.1 Å². The van der Waals surface area contributed by atoms with E-state index in [1.807, 2.05) is 0 Å². The number of rotatable bonds is 6. The number of esters is 4. The van der Waals surface area contributed by atoms with Crippen LogP contribution in [0.15, 0.2) is 24.3 Å². The lowest BCUT2D eigenvalue weighted by atomic mass is 9.86. The summed E-state index contributed by atoms with van der Waals surface area (Å²) in [6, 6.07) is 3.73. The summed E-state index contributed by atoms with van der Waals surface area (Å²) >= 11 is 0. The van der Waals surface area contributed by atoms with Gasteiger partial charge in [0.1, 0.15) is 29.7 Å². The van der Waals surface area contributed by atoms with Gasteiger partial charge in [-0.3, -0.25) is 9.59 Å². The molecule has 1 saturated heterocycles. The molecule has 0 aliphatic carbocycles. The van der Waals surface area contributed by atoms with Crippen molar-refractivity contribution in [3.63, 3.8) is 0 Å². The fourth-order valence-electron chi connectivity index (χ4n) is 3.57. The van der Waals surface area contributed by atoms with Crippen LogP contribution in [0, 0.1) is 11.8 Å². The first-order valence-corrected chi connectivity index (χ1v) is 8.59. The molecule has 1 fully saturated rings. The number of ether oxygens (including phenoxy) is 5. The van der Waals surface area contributed by atoms with Crippen LogP contribution >= 0.6 is 0 Å². The Labute approximate surface area is 167 Å². The molecular formula is C19H23NO9. The summed E-state index contributed by atoms with van der Waals surface area (Å²) in [6.45, 7) is 0. The van der Waals surface area contributed by atoms with E-state index in [1.54, 1.807) is 24.3 Å². The smallest absolute Gasteiger partial charge is 0.329 e. The Hall–Kier alpha value is -3.30. The van der Waals surface area contributed by atoms with E-state index in [4.69, 9.17) is 23.7 Å². The minimum atomic E-state index is -1.36. The third-order valence-corrected chi connectivity index (χ3v) is 4.87. The fraction of sp³-hybridized carbons (Fsp3) is 0.474. The Kier molecular flexibility index (Phi) is 7.03. The first-order valence-electron chi connectivity index (χ1n) is 8.59. The molecular weight excluding hydrogens is 386 g/mol. The lowest BCUT2D eigenvalue weighted by molar-refractivity contribution is -0.161. The summed E-state index contributed by atoms with van der Waals surface area (Å²) in [7, 11) is 6.01. The highest BCUT2D eigenvalue weighted by Gasteiger charge is 2.62. The van der Waals surface area contributed by atoms with Gasteiger partial charge >= 0.3 is 23.9 Å². The molecule has 1 heterocycles. The first-order chi connectivity index (χ1) is 13.9. The van der Waals surface area contributed by atoms with E-state index in [2.05, 4.69) is 0 Å². The number of hydrogen-bond donors (Lipinski definition) is 0. The SMILES string of the molecule is COC(=O)[C@@H]1[C@H](C(=O)OC)[C@@H](C(=O)OC)N(c2ccc(OC)cc2)[C@@H]1C(=O)OC. The van der Waals surface area contributed by atoms with Crippen LogP contribution in [0.3, 0.4) is 0 Å². The van der Waals surface area contributed by atoms with E-state index < -0.39 is 47.8 Å². The lowest BCUT2D eigenvalue weighted by Crippen LogP contribution is -2.48. The van der Waals surface area contributed by atoms with Gasteiger partial charge in [-0.25, -0.2) is 9.59 Å². The van der Waals surface area contributed by atoms with Gasteiger partial charge in [-0.1, -0.05) is 0 Å². The van der Waals surface area contributed by atoms with Gasteiger partial charge in [0.05, 0.1) is 35.5 Å².